The van der Waals surface area contributed by atoms with Gasteiger partial charge in [-0.2, -0.15) is 9.97 Å². The van der Waals surface area contributed by atoms with Crippen LogP contribution in [0.1, 0.15) is 12.0 Å². The molecule has 10 heteroatoms. The van der Waals surface area contributed by atoms with Gasteiger partial charge in [-0.3, -0.25) is 0 Å². The lowest BCUT2D eigenvalue weighted by Crippen LogP contribution is -2.38. The normalized spacial score (nSPS) is 18.9. The molecule has 4 rings (SSSR count). The summed E-state index contributed by atoms with van der Waals surface area (Å²) in [6, 6.07) is 7.45. The van der Waals surface area contributed by atoms with E-state index in [2.05, 4.69) is 15.3 Å². The Balaban J connectivity index is 1.65. The third-order valence-corrected chi connectivity index (χ3v) is 5.45. The minimum absolute atomic E-state index is 0.195. The number of aromatic nitrogens is 2. The number of nitrogen functional groups attached to an aromatic ring is 1. The van der Waals surface area contributed by atoms with E-state index < -0.39 is 12.5 Å². The number of nitrogens with one attached hydrogen (secondary N) is 1. The number of halogens is 3. The van der Waals surface area contributed by atoms with E-state index in [4.69, 9.17) is 22.1 Å². The number of hydrogen-bond donors (Lipinski definition) is 2. The summed E-state index contributed by atoms with van der Waals surface area (Å²) in [6.07, 6.45) is -0.217. The minimum atomic E-state index is -2.75. The SMILES string of the molecule is Nc1c(NCc2ccccc2Cl)nc(N2CCOCC2)nc1N1CCC(F)(F)C1. The Labute approximate surface area is 172 Å². The molecule has 2 saturated heterocycles. The fourth-order valence-corrected chi connectivity index (χ4v) is 3.67. The molecule has 0 aliphatic carbocycles. The van der Waals surface area contributed by atoms with E-state index in [1.807, 2.05) is 23.1 Å². The van der Waals surface area contributed by atoms with Crippen LogP contribution in [0.4, 0.5) is 32.1 Å². The first-order valence-corrected chi connectivity index (χ1v) is 9.91. The summed E-state index contributed by atoms with van der Waals surface area (Å²) in [5, 5.41) is 3.83. The van der Waals surface area contributed by atoms with Crippen molar-refractivity contribution in [1.29, 1.82) is 0 Å². The lowest BCUT2D eigenvalue weighted by Gasteiger charge is -2.29. The van der Waals surface area contributed by atoms with Crippen molar-refractivity contribution >= 4 is 34.9 Å². The van der Waals surface area contributed by atoms with E-state index in [-0.39, 0.29) is 18.7 Å². The average molecular weight is 425 g/mol. The van der Waals surface area contributed by atoms with Crippen molar-refractivity contribution in [3.05, 3.63) is 34.9 Å². The van der Waals surface area contributed by atoms with Gasteiger partial charge in [0.05, 0.1) is 19.8 Å². The third-order valence-electron chi connectivity index (χ3n) is 5.08. The Morgan fingerprint density at radius 3 is 2.59 bits per heavy atom. The number of morpholine rings is 1. The molecule has 156 valence electrons. The predicted octanol–water partition coefficient (Wildman–Crippen LogP) is 3.01. The zero-order valence-electron chi connectivity index (χ0n) is 15.9. The molecule has 2 aliphatic heterocycles. The molecule has 0 radical (unpaired) electrons. The van der Waals surface area contributed by atoms with Crippen molar-refractivity contribution in [3.8, 4) is 0 Å². The maximum atomic E-state index is 13.8. The van der Waals surface area contributed by atoms with Crippen LogP contribution in [0.25, 0.3) is 0 Å². The highest BCUT2D eigenvalue weighted by Gasteiger charge is 2.40. The topological polar surface area (TPSA) is 79.5 Å². The monoisotopic (exact) mass is 424 g/mol. The van der Waals surface area contributed by atoms with Crippen LogP contribution >= 0.6 is 11.6 Å². The Bertz CT molecular complexity index is 878. The van der Waals surface area contributed by atoms with Gasteiger partial charge in [0.1, 0.15) is 5.69 Å². The molecule has 0 bridgehead atoms. The number of benzene rings is 1. The first kappa shape index (κ1) is 19.9. The Morgan fingerprint density at radius 1 is 1.14 bits per heavy atom. The quantitative estimate of drug-likeness (QED) is 0.763. The number of nitrogens with two attached hydrogens (primary N) is 1. The van der Waals surface area contributed by atoms with Gasteiger partial charge in [0, 0.05) is 37.6 Å². The van der Waals surface area contributed by atoms with Crippen LogP contribution in [0.15, 0.2) is 24.3 Å². The minimum Gasteiger partial charge on any atom is -0.393 e. The molecule has 2 aliphatic rings. The summed E-state index contributed by atoms with van der Waals surface area (Å²) in [7, 11) is 0. The maximum Gasteiger partial charge on any atom is 0.266 e. The second kappa shape index (κ2) is 8.16. The molecule has 0 saturated carbocycles. The molecule has 2 fully saturated rings. The zero-order chi connectivity index (χ0) is 20.4. The zero-order valence-corrected chi connectivity index (χ0v) is 16.6. The van der Waals surface area contributed by atoms with Crippen LogP contribution in [-0.4, -0.2) is 55.3 Å². The molecule has 0 atom stereocenters. The van der Waals surface area contributed by atoms with E-state index in [1.165, 1.54) is 4.90 Å². The largest absolute Gasteiger partial charge is 0.393 e. The van der Waals surface area contributed by atoms with Crippen molar-refractivity contribution in [1.82, 2.24) is 9.97 Å². The molecular weight excluding hydrogens is 402 g/mol. The first-order chi connectivity index (χ1) is 13.9. The highest BCUT2D eigenvalue weighted by Crippen LogP contribution is 2.36. The Hall–Kier alpha value is -2.39. The van der Waals surface area contributed by atoms with Crippen molar-refractivity contribution < 1.29 is 13.5 Å². The summed E-state index contributed by atoms with van der Waals surface area (Å²) in [5.41, 5.74) is 7.44. The van der Waals surface area contributed by atoms with Gasteiger partial charge >= 0.3 is 0 Å². The molecule has 1 aromatic heterocycles. The second-order valence-electron chi connectivity index (χ2n) is 7.18. The van der Waals surface area contributed by atoms with Crippen LogP contribution in [0.3, 0.4) is 0 Å². The first-order valence-electron chi connectivity index (χ1n) is 9.53. The summed E-state index contributed by atoms with van der Waals surface area (Å²) < 4.78 is 33.0. The Morgan fingerprint density at radius 2 is 1.90 bits per heavy atom. The molecule has 1 aromatic carbocycles. The molecule has 0 spiro atoms. The lowest BCUT2D eigenvalue weighted by atomic mass is 10.2. The van der Waals surface area contributed by atoms with E-state index in [1.54, 1.807) is 6.07 Å². The van der Waals surface area contributed by atoms with Gasteiger partial charge in [-0.1, -0.05) is 29.8 Å². The summed E-state index contributed by atoms with van der Waals surface area (Å²) >= 11 is 6.23. The molecule has 3 heterocycles. The Kier molecular flexibility index (Phi) is 5.60. The number of rotatable bonds is 5. The van der Waals surface area contributed by atoms with E-state index in [0.29, 0.717) is 55.5 Å². The molecule has 2 aromatic rings. The molecular formula is C19H23ClF2N6O. The second-order valence-corrected chi connectivity index (χ2v) is 7.59. The summed E-state index contributed by atoms with van der Waals surface area (Å²) in [6.45, 7) is 2.58. The van der Waals surface area contributed by atoms with Crippen molar-refractivity contribution in [2.24, 2.45) is 0 Å². The molecule has 7 nitrogen and oxygen atoms in total. The highest BCUT2D eigenvalue weighted by atomic mass is 35.5. The smallest absolute Gasteiger partial charge is 0.266 e. The average Bonchev–Trinajstić information content (AvgIpc) is 3.08. The van der Waals surface area contributed by atoms with Gasteiger partial charge in [-0.15, -0.1) is 0 Å². The molecule has 0 amide bonds. The number of alkyl halides is 2. The van der Waals surface area contributed by atoms with Crippen LogP contribution in [-0.2, 0) is 11.3 Å². The van der Waals surface area contributed by atoms with E-state index in [9.17, 15) is 8.78 Å². The molecule has 3 N–H and O–H groups in total. The van der Waals surface area contributed by atoms with Gasteiger partial charge in [0.15, 0.2) is 11.6 Å². The van der Waals surface area contributed by atoms with Crippen LogP contribution in [0.5, 0.6) is 0 Å². The number of ether oxygens (including phenoxy) is 1. The van der Waals surface area contributed by atoms with Crippen LogP contribution in [0, 0.1) is 0 Å². The number of hydrogen-bond acceptors (Lipinski definition) is 7. The van der Waals surface area contributed by atoms with Crippen LogP contribution in [0.2, 0.25) is 5.02 Å². The summed E-state index contributed by atoms with van der Waals surface area (Å²) in [5.74, 6) is -1.55. The fraction of sp³-hybridized carbons (Fsp3) is 0.474. The number of anilines is 4. The van der Waals surface area contributed by atoms with Gasteiger partial charge < -0.3 is 25.6 Å². The molecule has 0 unspecified atom stereocenters. The standard InChI is InChI=1S/C19H23ClF2N6O/c20-14-4-2-1-3-13(14)11-24-16-15(23)17(28-6-5-19(21,22)12-28)26-18(25-16)27-7-9-29-10-8-27/h1-4H,5-12,23H2,(H,24,25,26). The van der Waals surface area contributed by atoms with Crippen molar-refractivity contribution in [2.45, 2.75) is 18.9 Å². The van der Waals surface area contributed by atoms with Gasteiger partial charge in [0.25, 0.3) is 5.92 Å². The van der Waals surface area contributed by atoms with Gasteiger partial charge in [-0.25, -0.2) is 8.78 Å². The van der Waals surface area contributed by atoms with Crippen molar-refractivity contribution in [2.75, 3.05) is 60.2 Å². The van der Waals surface area contributed by atoms with E-state index >= 15 is 0 Å². The number of nitrogens with zero attached hydrogens (tertiary/aromatic N) is 4. The summed E-state index contributed by atoms with van der Waals surface area (Å²) in [4.78, 5) is 12.6. The fourth-order valence-electron chi connectivity index (χ4n) is 3.46. The highest BCUT2D eigenvalue weighted by molar-refractivity contribution is 6.31. The van der Waals surface area contributed by atoms with Gasteiger partial charge in [-0.05, 0) is 11.6 Å². The predicted molar refractivity (Wildman–Crippen MR) is 110 cm³/mol. The third kappa shape index (κ3) is 4.45. The lowest BCUT2D eigenvalue weighted by molar-refractivity contribution is 0.0257. The van der Waals surface area contributed by atoms with Crippen LogP contribution < -0.4 is 20.9 Å². The van der Waals surface area contributed by atoms with Crippen molar-refractivity contribution in [3.63, 3.8) is 0 Å². The van der Waals surface area contributed by atoms with Gasteiger partial charge in [0.2, 0.25) is 5.95 Å². The maximum absolute atomic E-state index is 13.8. The molecule has 29 heavy (non-hydrogen) atoms. The van der Waals surface area contributed by atoms with E-state index in [0.717, 1.165) is 5.56 Å².